The summed E-state index contributed by atoms with van der Waals surface area (Å²) in [7, 11) is 0. The van der Waals surface area contributed by atoms with E-state index < -0.39 is 6.04 Å². The largest absolute Gasteiger partial charge is 0.489 e. The number of carbonyl (C=O) groups excluding carboxylic acids is 2. The average molecular weight is 472 g/mol. The van der Waals surface area contributed by atoms with Gasteiger partial charge in [0.05, 0.1) is 0 Å². The molecule has 3 aromatic carbocycles. The molecule has 182 valence electrons. The Hall–Kier alpha value is -3.80. The topological polar surface area (TPSA) is 70.7 Å². The first-order chi connectivity index (χ1) is 17.1. The van der Waals surface area contributed by atoms with Gasteiger partial charge in [-0.2, -0.15) is 0 Å². The maximum atomic E-state index is 13.2. The molecule has 0 aromatic heterocycles. The molecule has 1 fully saturated rings. The Morgan fingerprint density at radius 2 is 1.69 bits per heavy atom. The summed E-state index contributed by atoms with van der Waals surface area (Å²) in [5.74, 6) is 0.246. The van der Waals surface area contributed by atoms with Gasteiger partial charge >= 0.3 is 0 Å². The van der Waals surface area contributed by atoms with Crippen LogP contribution >= 0.6 is 0 Å². The van der Waals surface area contributed by atoms with Crippen LogP contribution in [0.3, 0.4) is 0 Å². The molecule has 1 atom stereocenters. The molecule has 6 nitrogen and oxygen atoms in total. The highest BCUT2D eigenvalue weighted by atomic mass is 16.5. The molecule has 0 radical (unpaired) electrons. The fourth-order valence-electron chi connectivity index (χ4n) is 4.32. The van der Waals surface area contributed by atoms with Crippen molar-refractivity contribution in [2.24, 2.45) is 0 Å². The number of nitrogens with one attached hydrogen (secondary N) is 2. The summed E-state index contributed by atoms with van der Waals surface area (Å²) in [6.45, 7) is 4.35. The van der Waals surface area contributed by atoms with Crippen LogP contribution < -0.4 is 20.3 Å². The van der Waals surface area contributed by atoms with E-state index in [4.69, 9.17) is 4.74 Å². The van der Waals surface area contributed by atoms with Crippen LogP contribution in [0.2, 0.25) is 0 Å². The van der Waals surface area contributed by atoms with Gasteiger partial charge in [-0.05, 0) is 55.7 Å². The van der Waals surface area contributed by atoms with Crippen molar-refractivity contribution >= 4 is 23.2 Å². The van der Waals surface area contributed by atoms with Gasteiger partial charge in [0.2, 0.25) is 5.91 Å². The van der Waals surface area contributed by atoms with Gasteiger partial charge in [0.1, 0.15) is 18.4 Å². The standard InChI is InChI=1S/C29H33N3O3/c1-2-11-27(29(34)30-23-13-10-14-24(20-23)32-18-8-9-19-32)31-28(33)26-17-7-6-12-22(26)21-35-25-15-4-3-5-16-25/h3-7,10,12-17,20,27H,2,8-9,11,18-19,21H2,1H3,(H,30,34)(H,31,33). The molecule has 0 saturated carbocycles. The third kappa shape index (κ3) is 6.63. The highest BCUT2D eigenvalue weighted by molar-refractivity contribution is 6.02. The lowest BCUT2D eigenvalue weighted by Crippen LogP contribution is -2.44. The second kappa shape index (κ2) is 12.1. The van der Waals surface area contributed by atoms with Crippen LogP contribution in [0, 0.1) is 0 Å². The summed E-state index contributed by atoms with van der Waals surface area (Å²) in [4.78, 5) is 28.7. The van der Waals surface area contributed by atoms with E-state index in [1.54, 1.807) is 6.07 Å². The number of ether oxygens (including phenoxy) is 1. The van der Waals surface area contributed by atoms with E-state index in [1.807, 2.05) is 73.7 Å². The number of para-hydroxylation sites is 1. The van der Waals surface area contributed by atoms with Crippen molar-refractivity contribution in [1.82, 2.24) is 5.32 Å². The maximum Gasteiger partial charge on any atom is 0.252 e. The third-order valence-electron chi connectivity index (χ3n) is 6.18. The molecule has 2 N–H and O–H groups in total. The number of anilines is 2. The molecule has 0 bridgehead atoms. The van der Waals surface area contributed by atoms with Gasteiger partial charge in [-0.1, -0.05) is 55.8 Å². The third-order valence-corrected chi connectivity index (χ3v) is 6.18. The Kier molecular flexibility index (Phi) is 8.39. The second-order valence-electron chi connectivity index (χ2n) is 8.81. The molecule has 0 aliphatic carbocycles. The van der Waals surface area contributed by atoms with Gasteiger partial charge in [-0.3, -0.25) is 9.59 Å². The molecule has 1 saturated heterocycles. The minimum Gasteiger partial charge on any atom is -0.489 e. The van der Waals surface area contributed by atoms with E-state index in [1.165, 1.54) is 12.8 Å². The smallest absolute Gasteiger partial charge is 0.252 e. The molecule has 6 heteroatoms. The normalized spacial score (nSPS) is 13.8. The van der Waals surface area contributed by atoms with Crippen LogP contribution in [-0.2, 0) is 11.4 Å². The van der Waals surface area contributed by atoms with Crippen molar-refractivity contribution in [2.45, 2.75) is 45.3 Å². The summed E-state index contributed by atoms with van der Waals surface area (Å²) in [6, 6.07) is 24.1. The minimum absolute atomic E-state index is 0.211. The van der Waals surface area contributed by atoms with Crippen LogP contribution in [-0.4, -0.2) is 30.9 Å². The van der Waals surface area contributed by atoms with Gasteiger partial charge in [0, 0.05) is 35.6 Å². The fraction of sp³-hybridized carbons (Fsp3) is 0.310. The number of benzene rings is 3. The van der Waals surface area contributed by atoms with E-state index in [9.17, 15) is 9.59 Å². The van der Waals surface area contributed by atoms with Crippen LogP contribution in [0.1, 0.15) is 48.5 Å². The fourth-order valence-corrected chi connectivity index (χ4v) is 4.32. The Labute approximate surface area is 207 Å². The minimum atomic E-state index is -0.633. The zero-order valence-corrected chi connectivity index (χ0v) is 20.2. The first-order valence-corrected chi connectivity index (χ1v) is 12.4. The van der Waals surface area contributed by atoms with Crippen molar-refractivity contribution in [3.05, 3.63) is 90.0 Å². The molecule has 1 unspecified atom stereocenters. The number of rotatable bonds is 10. The summed E-state index contributed by atoms with van der Waals surface area (Å²) < 4.78 is 5.85. The van der Waals surface area contributed by atoms with Crippen LogP contribution in [0.4, 0.5) is 11.4 Å². The summed E-state index contributed by atoms with van der Waals surface area (Å²) in [5, 5.41) is 5.95. The Bertz CT molecular complexity index is 1130. The van der Waals surface area contributed by atoms with Crippen molar-refractivity contribution in [3.63, 3.8) is 0 Å². The number of hydrogen-bond donors (Lipinski definition) is 2. The lowest BCUT2D eigenvalue weighted by atomic mass is 10.1. The predicted octanol–water partition coefficient (Wildman–Crippen LogP) is 5.40. The highest BCUT2D eigenvalue weighted by Gasteiger charge is 2.22. The number of amides is 2. The SMILES string of the molecule is CCCC(NC(=O)c1ccccc1COc1ccccc1)C(=O)Nc1cccc(N2CCCC2)c1. The van der Waals surface area contributed by atoms with Gasteiger partial charge < -0.3 is 20.3 Å². The van der Waals surface area contributed by atoms with E-state index in [0.717, 1.165) is 42.2 Å². The zero-order chi connectivity index (χ0) is 24.5. The number of nitrogens with zero attached hydrogens (tertiary/aromatic N) is 1. The van der Waals surface area contributed by atoms with Crippen molar-refractivity contribution < 1.29 is 14.3 Å². The number of carbonyl (C=O) groups is 2. The average Bonchev–Trinajstić information content (AvgIpc) is 3.43. The molecular formula is C29H33N3O3. The Balaban J connectivity index is 1.42. The van der Waals surface area contributed by atoms with Crippen molar-refractivity contribution in [1.29, 1.82) is 0 Å². The van der Waals surface area contributed by atoms with Gasteiger partial charge in [-0.25, -0.2) is 0 Å². The highest BCUT2D eigenvalue weighted by Crippen LogP contribution is 2.23. The van der Waals surface area contributed by atoms with Crippen molar-refractivity contribution in [3.8, 4) is 5.75 Å². The van der Waals surface area contributed by atoms with E-state index >= 15 is 0 Å². The lowest BCUT2D eigenvalue weighted by molar-refractivity contribution is -0.118. The predicted molar refractivity (Wildman–Crippen MR) is 140 cm³/mol. The van der Waals surface area contributed by atoms with E-state index in [0.29, 0.717) is 12.0 Å². The quantitative estimate of drug-likeness (QED) is 0.415. The molecule has 1 aliphatic heterocycles. The van der Waals surface area contributed by atoms with E-state index in [2.05, 4.69) is 21.6 Å². The summed E-state index contributed by atoms with van der Waals surface area (Å²) in [5.41, 5.74) is 3.13. The van der Waals surface area contributed by atoms with Gasteiger partial charge in [0.15, 0.2) is 0 Å². The van der Waals surface area contributed by atoms with Gasteiger partial charge in [-0.15, -0.1) is 0 Å². The molecule has 1 heterocycles. The molecule has 3 aromatic rings. The molecule has 0 spiro atoms. The lowest BCUT2D eigenvalue weighted by Gasteiger charge is -2.21. The maximum absolute atomic E-state index is 13.2. The van der Waals surface area contributed by atoms with Crippen LogP contribution in [0.25, 0.3) is 0 Å². The summed E-state index contributed by atoms with van der Waals surface area (Å²) in [6.07, 6.45) is 3.70. The monoisotopic (exact) mass is 471 g/mol. The molecular weight excluding hydrogens is 438 g/mol. The first kappa shape index (κ1) is 24.3. The van der Waals surface area contributed by atoms with Gasteiger partial charge in [0.25, 0.3) is 5.91 Å². The summed E-state index contributed by atoms with van der Waals surface area (Å²) >= 11 is 0. The molecule has 4 rings (SSSR count). The Morgan fingerprint density at radius 1 is 0.943 bits per heavy atom. The first-order valence-electron chi connectivity index (χ1n) is 12.4. The van der Waals surface area contributed by atoms with Crippen molar-refractivity contribution in [2.75, 3.05) is 23.3 Å². The van der Waals surface area contributed by atoms with Crippen LogP contribution in [0.15, 0.2) is 78.9 Å². The number of hydrogen-bond acceptors (Lipinski definition) is 4. The molecule has 1 aliphatic rings. The Morgan fingerprint density at radius 3 is 2.46 bits per heavy atom. The zero-order valence-electron chi connectivity index (χ0n) is 20.2. The molecule has 2 amide bonds. The second-order valence-corrected chi connectivity index (χ2v) is 8.81. The molecule has 35 heavy (non-hydrogen) atoms. The van der Waals surface area contributed by atoms with E-state index in [-0.39, 0.29) is 18.4 Å². The van der Waals surface area contributed by atoms with Crippen LogP contribution in [0.5, 0.6) is 5.75 Å².